The Balaban J connectivity index is 1.63. The number of aromatic nitrogens is 4. The highest BCUT2D eigenvalue weighted by molar-refractivity contribution is 5.81. The Morgan fingerprint density at radius 1 is 0.967 bits per heavy atom. The molecule has 0 spiro atoms. The number of hydrogen-bond acceptors (Lipinski definition) is 5. The van der Waals surface area contributed by atoms with Gasteiger partial charge >= 0.3 is 0 Å². The maximum Gasteiger partial charge on any atom is 0.254 e. The average Bonchev–Trinajstić information content (AvgIpc) is 3.12. The van der Waals surface area contributed by atoms with Gasteiger partial charge in [-0.2, -0.15) is 4.98 Å². The monoisotopic (exact) mass is 398 g/mol. The Morgan fingerprint density at radius 2 is 1.70 bits per heavy atom. The molecule has 2 aromatic heterocycles. The zero-order valence-corrected chi connectivity index (χ0v) is 17.3. The third kappa shape index (κ3) is 3.33. The van der Waals surface area contributed by atoms with Gasteiger partial charge in [-0.3, -0.25) is 0 Å². The van der Waals surface area contributed by atoms with E-state index in [0.29, 0.717) is 11.7 Å². The number of fused-ring (bicyclic) bond motifs is 1. The van der Waals surface area contributed by atoms with Crippen molar-refractivity contribution in [1.29, 1.82) is 0 Å². The lowest BCUT2D eigenvalue weighted by atomic mass is 9.72. The minimum Gasteiger partial charge on any atom is -0.351 e. The number of nitrogens with one attached hydrogen (secondary N) is 1. The lowest BCUT2D eigenvalue weighted by Crippen LogP contribution is -2.43. The van der Waals surface area contributed by atoms with Crippen LogP contribution in [0.25, 0.3) is 28.2 Å². The van der Waals surface area contributed by atoms with Crippen LogP contribution in [0.4, 0.5) is 5.95 Å². The van der Waals surface area contributed by atoms with E-state index in [1.54, 1.807) is 4.52 Å². The summed E-state index contributed by atoms with van der Waals surface area (Å²) in [6.45, 7) is 4.13. The highest BCUT2D eigenvalue weighted by atomic mass is 15.4. The van der Waals surface area contributed by atoms with Crippen LogP contribution in [0.5, 0.6) is 0 Å². The van der Waals surface area contributed by atoms with E-state index in [4.69, 9.17) is 10.7 Å². The van der Waals surface area contributed by atoms with Crippen LogP contribution >= 0.6 is 0 Å². The fraction of sp³-hybridized carbons (Fsp3) is 0.292. The molecule has 6 heteroatoms. The van der Waals surface area contributed by atoms with E-state index < -0.39 is 0 Å². The summed E-state index contributed by atoms with van der Waals surface area (Å²) >= 11 is 0. The summed E-state index contributed by atoms with van der Waals surface area (Å²) in [4.78, 5) is 9.46. The van der Waals surface area contributed by atoms with E-state index >= 15 is 0 Å². The maximum absolute atomic E-state index is 6.51. The Hall–Kier alpha value is -3.25. The molecule has 0 radical (unpaired) electrons. The van der Waals surface area contributed by atoms with E-state index in [9.17, 15) is 0 Å². The summed E-state index contributed by atoms with van der Waals surface area (Å²) in [6, 6.07) is 19.1. The normalized spacial score (nSPS) is 15.3. The van der Waals surface area contributed by atoms with E-state index in [2.05, 4.69) is 65.6 Å². The maximum atomic E-state index is 6.51. The van der Waals surface area contributed by atoms with Crippen molar-refractivity contribution in [3.8, 4) is 22.4 Å². The van der Waals surface area contributed by atoms with Crippen LogP contribution in [-0.4, -0.2) is 25.6 Å². The summed E-state index contributed by atoms with van der Waals surface area (Å²) in [5, 5.41) is 7.81. The molecule has 30 heavy (non-hydrogen) atoms. The van der Waals surface area contributed by atoms with Crippen molar-refractivity contribution in [3.05, 3.63) is 66.4 Å². The molecule has 1 aliphatic rings. The second-order valence-electron chi connectivity index (χ2n) is 8.44. The molecule has 2 heterocycles. The Morgan fingerprint density at radius 3 is 2.33 bits per heavy atom. The molecular formula is C24H26N6. The average molecular weight is 399 g/mol. The molecule has 0 bridgehead atoms. The third-order valence-corrected chi connectivity index (χ3v) is 5.81. The van der Waals surface area contributed by atoms with Crippen molar-refractivity contribution >= 4 is 11.7 Å². The first kappa shape index (κ1) is 18.8. The van der Waals surface area contributed by atoms with E-state index in [1.165, 1.54) is 12.0 Å². The van der Waals surface area contributed by atoms with Crippen molar-refractivity contribution in [2.45, 2.75) is 44.7 Å². The number of nitrogens with zero attached hydrogens (tertiary/aromatic N) is 4. The first-order chi connectivity index (χ1) is 14.5. The van der Waals surface area contributed by atoms with Gasteiger partial charge in [0.2, 0.25) is 5.95 Å². The van der Waals surface area contributed by atoms with E-state index in [-0.39, 0.29) is 11.6 Å². The topological polar surface area (TPSA) is 81.1 Å². The van der Waals surface area contributed by atoms with Crippen LogP contribution in [0.15, 0.2) is 60.8 Å². The van der Waals surface area contributed by atoms with Crippen LogP contribution in [0.3, 0.4) is 0 Å². The van der Waals surface area contributed by atoms with Gasteiger partial charge < -0.3 is 11.1 Å². The van der Waals surface area contributed by atoms with Gasteiger partial charge in [-0.1, -0.05) is 54.6 Å². The molecular weight excluding hydrogens is 372 g/mol. The van der Waals surface area contributed by atoms with Gasteiger partial charge in [-0.05, 0) is 44.2 Å². The number of rotatable bonds is 5. The molecule has 0 saturated heterocycles. The van der Waals surface area contributed by atoms with Gasteiger partial charge in [-0.15, -0.1) is 5.10 Å². The zero-order valence-electron chi connectivity index (χ0n) is 17.3. The minimum absolute atomic E-state index is 0.164. The standard InChI is InChI=1S/C24H26N6/c1-16(2)26-22-28-23-27-21(18-9-11-19(12-10-18)24(25)13-6-14-24)20(15-30(23)29-22)17-7-4-3-5-8-17/h3-5,7-12,15-16H,6,13-14,25H2,1-2H3,(H,26,29). The minimum atomic E-state index is -0.164. The van der Waals surface area contributed by atoms with Crippen LogP contribution in [-0.2, 0) is 5.54 Å². The molecule has 6 nitrogen and oxygen atoms in total. The first-order valence-electron chi connectivity index (χ1n) is 10.5. The van der Waals surface area contributed by atoms with Gasteiger partial charge in [0, 0.05) is 28.9 Å². The van der Waals surface area contributed by atoms with Crippen LogP contribution in [0, 0.1) is 0 Å². The Labute approximate surface area is 176 Å². The quantitative estimate of drug-likeness (QED) is 0.513. The van der Waals surface area contributed by atoms with E-state index in [0.717, 1.165) is 35.2 Å². The molecule has 1 saturated carbocycles. The molecule has 1 fully saturated rings. The molecule has 0 unspecified atom stereocenters. The summed E-state index contributed by atoms with van der Waals surface area (Å²) in [5.74, 6) is 1.16. The second-order valence-corrected chi connectivity index (χ2v) is 8.44. The van der Waals surface area contributed by atoms with Crippen LogP contribution < -0.4 is 11.1 Å². The first-order valence-corrected chi connectivity index (χ1v) is 10.5. The molecule has 2 aromatic carbocycles. The molecule has 3 N–H and O–H groups in total. The Bertz CT molecular complexity index is 1170. The van der Waals surface area contributed by atoms with Gasteiger partial charge in [-0.25, -0.2) is 9.50 Å². The van der Waals surface area contributed by atoms with Crippen molar-refractivity contribution in [2.24, 2.45) is 5.73 Å². The molecule has 4 aromatic rings. The van der Waals surface area contributed by atoms with Gasteiger partial charge in [0.05, 0.1) is 5.69 Å². The van der Waals surface area contributed by atoms with Crippen LogP contribution in [0.2, 0.25) is 0 Å². The summed E-state index contributed by atoms with van der Waals surface area (Å²) < 4.78 is 1.74. The van der Waals surface area contributed by atoms with Gasteiger partial charge in [0.1, 0.15) is 0 Å². The third-order valence-electron chi connectivity index (χ3n) is 5.81. The predicted molar refractivity (Wildman–Crippen MR) is 120 cm³/mol. The Kier molecular flexibility index (Phi) is 4.51. The SMILES string of the molecule is CC(C)Nc1nc2nc(-c3ccc(C4(N)CCC4)cc3)c(-c3ccccc3)cn2n1. The predicted octanol–water partition coefficient (Wildman–Crippen LogP) is 4.62. The fourth-order valence-electron chi connectivity index (χ4n) is 4.00. The van der Waals surface area contributed by atoms with E-state index in [1.807, 2.05) is 24.4 Å². The molecule has 0 aliphatic heterocycles. The molecule has 5 rings (SSSR count). The smallest absolute Gasteiger partial charge is 0.254 e. The number of benzene rings is 2. The summed E-state index contributed by atoms with van der Waals surface area (Å²) in [5.41, 5.74) is 11.6. The van der Waals surface area contributed by atoms with Gasteiger partial charge in [0.15, 0.2) is 0 Å². The summed E-state index contributed by atoms with van der Waals surface area (Å²) in [7, 11) is 0. The largest absolute Gasteiger partial charge is 0.351 e. The number of anilines is 1. The molecule has 0 amide bonds. The lowest BCUT2D eigenvalue weighted by molar-refractivity contribution is 0.253. The highest BCUT2D eigenvalue weighted by Crippen LogP contribution is 2.39. The zero-order chi connectivity index (χ0) is 20.7. The van der Waals surface area contributed by atoms with Gasteiger partial charge in [0.25, 0.3) is 5.78 Å². The highest BCUT2D eigenvalue weighted by Gasteiger charge is 2.34. The van der Waals surface area contributed by atoms with Crippen molar-refractivity contribution < 1.29 is 0 Å². The second kappa shape index (κ2) is 7.22. The number of hydrogen-bond donors (Lipinski definition) is 2. The lowest BCUT2D eigenvalue weighted by Gasteiger charge is -2.38. The van der Waals surface area contributed by atoms with Crippen molar-refractivity contribution in [1.82, 2.24) is 19.6 Å². The number of nitrogens with two attached hydrogens (primary N) is 1. The summed E-state index contributed by atoms with van der Waals surface area (Å²) in [6.07, 6.45) is 5.32. The van der Waals surface area contributed by atoms with Crippen molar-refractivity contribution in [2.75, 3.05) is 5.32 Å². The molecule has 1 aliphatic carbocycles. The molecule has 152 valence electrons. The van der Waals surface area contributed by atoms with Crippen molar-refractivity contribution in [3.63, 3.8) is 0 Å². The molecule has 0 atom stereocenters. The van der Waals surface area contributed by atoms with Crippen LogP contribution in [0.1, 0.15) is 38.7 Å². The fourth-order valence-corrected chi connectivity index (χ4v) is 4.00.